The number of nitrogens with zero attached hydrogens (tertiary/aromatic N) is 1. The van der Waals surface area contributed by atoms with E-state index in [1.165, 1.54) is 0 Å². The van der Waals surface area contributed by atoms with Crippen LogP contribution in [0.4, 0.5) is 4.79 Å². The fraction of sp³-hybridized carbons (Fsp3) is 0.400. The monoisotopic (exact) mass is 142 g/mol. The Morgan fingerprint density at radius 2 is 2.30 bits per heavy atom. The van der Waals surface area contributed by atoms with Crippen LogP contribution in [-0.2, 0) is 9.53 Å². The Kier molecular flexibility index (Phi) is 3.64. The summed E-state index contributed by atoms with van der Waals surface area (Å²) in [7, 11) is 1.13. The summed E-state index contributed by atoms with van der Waals surface area (Å²) in [5.74, 6) is -0.658. The van der Waals surface area contributed by atoms with Crippen molar-refractivity contribution < 1.29 is 14.3 Å². The summed E-state index contributed by atoms with van der Waals surface area (Å²) in [6, 6.07) is 1.58. The van der Waals surface area contributed by atoms with Gasteiger partial charge < -0.3 is 4.74 Å². The van der Waals surface area contributed by atoms with Crippen LogP contribution in [0.3, 0.4) is 0 Å². The van der Waals surface area contributed by atoms with E-state index in [0.29, 0.717) is 0 Å². The van der Waals surface area contributed by atoms with Crippen LogP contribution < -0.4 is 5.32 Å². The lowest BCUT2D eigenvalue weighted by molar-refractivity contribution is -0.119. The first kappa shape index (κ1) is 8.43. The van der Waals surface area contributed by atoms with E-state index in [0.717, 1.165) is 7.11 Å². The van der Waals surface area contributed by atoms with Gasteiger partial charge in [-0.25, -0.2) is 4.79 Å². The third-order valence-electron chi connectivity index (χ3n) is 0.666. The largest absolute Gasteiger partial charge is 0.453 e. The number of imide groups is 1. The molecule has 0 aliphatic heterocycles. The normalized spacial score (nSPS) is 7.60. The molecule has 0 aliphatic carbocycles. The van der Waals surface area contributed by atoms with Gasteiger partial charge in [0.2, 0.25) is 5.91 Å². The molecule has 0 saturated carbocycles. The number of carbonyl (C=O) groups excluding carboxylic acids is 2. The Morgan fingerprint density at radius 1 is 1.70 bits per heavy atom. The summed E-state index contributed by atoms with van der Waals surface area (Å²) in [5.41, 5.74) is 0. The van der Waals surface area contributed by atoms with E-state index in [1.807, 2.05) is 5.32 Å². The molecule has 0 atom stereocenters. The molecule has 0 radical (unpaired) electrons. The first-order chi connectivity index (χ1) is 4.70. The van der Waals surface area contributed by atoms with Crippen molar-refractivity contribution >= 4 is 12.0 Å². The van der Waals surface area contributed by atoms with Gasteiger partial charge in [0.1, 0.15) is 6.42 Å². The zero-order valence-corrected chi connectivity index (χ0v) is 5.38. The number of hydrogen-bond donors (Lipinski definition) is 1. The third-order valence-corrected chi connectivity index (χ3v) is 0.666. The maximum atomic E-state index is 10.4. The molecule has 0 aromatic carbocycles. The number of hydrogen-bond acceptors (Lipinski definition) is 4. The van der Waals surface area contributed by atoms with Gasteiger partial charge in [-0.05, 0) is 0 Å². The molecule has 0 bridgehead atoms. The Balaban J connectivity index is 3.60. The van der Waals surface area contributed by atoms with Crippen LogP contribution in [0.1, 0.15) is 6.42 Å². The lowest BCUT2D eigenvalue weighted by Gasteiger charge is -1.96. The highest BCUT2D eigenvalue weighted by molar-refractivity contribution is 5.92. The highest BCUT2D eigenvalue weighted by Gasteiger charge is 2.04. The van der Waals surface area contributed by atoms with Crippen molar-refractivity contribution in [3.63, 3.8) is 0 Å². The first-order valence-electron chi connectivity index (χ1n) is 2.45. The topological polar surface area (TPSA) is 79.2 Å². The summed E-state index contributed by atoms with van der Waals surface area (Å²) >= 11 is 0. The van der Waals surface area contributed by atoms with Gasteiger partial charge in [-0.15, -0.1) is 0 Å². The van der Waals surface area contributed by atoms with Crippen molar-refractivity contribution in [2.24, 2.45) is 0 Å². The van der Waals surface area contributed by atoms with E-state index in [2.05, 4.69) is 4.74 Å². The molecule has 5 nitrogen and oxygen atoms in total. The number of nitriles is 1. The fourth-order valence-electron chi connectivity index (χ4n) is 0.281. The maximum Gasteiger partial charge on any atom is 0.413 e. The number of carbonyl (C=O) groups is 2. The van der Waals surface area contributed by atoms with Gasteiger partial charge in [0.05, 0.1) is 13.2 Å². The number of methoxy groups -OCH3 is 1. The summed E-state index contributed by atoms with van der Waals surface area (Å²) in [6.45, 7) is 0. The first-order valence-corrected chi connectivity index (χ1v) is 2.45. The van der Waals surface area contributed by atoms with Gasteiger partial charge in [-0.1, -0.05) is 0 Å². The summed E-state index contributed by atoms with van der Waals surface area (Å²) in [6.07, 6.45) is -1.19. The molecule has 10 heavy (non-hydrogen) atoms. The van der Waals surface area contributed by atoms with Gasteiger partial charge in [0.15, 0.2) is 0 Å². The second kappa shape index (κ2) is 4.32. The van der Waals surface area contributed by atoms with Gasteiger partial charge in [0, 0.05) is 0 Å². The zero-order valence-electron chi connectivity index (χ0n) is 5.38. The molecule has 1 N–H and O–H groups in total. The highest BCUT2D eigenvalue weighted by atomic mass is 16.5. The smallest absolute Gasteiger partial charge is 0.413 e. The van der Waals surface area contributed by atoms with E-state index in [-0.39, 0.29) is 6.42 Å². The average Bonchev–Trinajstić information content (AvgIpc) is 1.88. The summed E-state index contributed by atoms with van der Waals surface area (Å²) in [5, 5.41) is 9.77. The molecule has 54 valence electrons. The van der Waals surface area contributed by atoms with Crippen molar-refractivity contribution in [2.45, 2.75) is 6.42 Å². The van der Waals surface area contributed by atoms with Crippen molar-refractivity contribution in [1.29, 1.82) is 5.26 Å². The summed E-state index contributed by atoms with van der Waals surface area (Å²) in [4.78, 5) is 20.6. The lowest BCUT2D eigenvalue weighted by atomic mass is 10.4. The van der Waals surface area contributed by atoms with Crippen LogP contribution in [0.25, 0.3) is 0 Å². The molecule has 0 fully saturated rings. The van der Waals surface area contributed by atoms with Gasteiger partial charge in [-0.2, -0.15) is 5.26 Å². The molecule has 0 spiro atoms. The quantitative estimate of drug-likeness (QED) is 0.549. The molecule has 0 aliphatic rings. The van der Waals surface area contributed by atoms with Crippen LogP contribution in [0.15, 0.2) is 0 Å². The van der Waals surface area contributed by atoms with Gasteiger partial charge >= 0.3 is 6.09 Å². The average molecular weight is 142 g/mol. The molecule has 0 aromatic heterocycles. The molecule has 0 unspecified atom stereocenters. The SMILES string of the molecule is COC(=O)NC(=O)CC#N. The highest BCUT2D eigenvalue weighted by Crippen LogP contribution is 1.76. The lowest BCUT2D eigenvalue weighted by Crippen LogP contribution is -2.29. The number of amides is 2. The maximum absolute atomic E-state index is 10.4. The van der Waals surface area contributed by atoms with Gasteiger partial charge in [0.25, 0.3) is 0 Å². The van der Waals surface area contributed by atoms with E-state index < -0.39 is 12.0 Å². The number of alkyl carbamates (subject to hydrolysis) is 1. The van der Waals surface area contributed by atoms with Gasteiger partial charge in [-0.3, -0.25) is 10.1 Å². The molecule has 0 aromatic rings. The Bertz CT molecular complexity index is 182. The fourth-order valence-corrected chi connectivity index (χ4v) is 0.281. The molecular formula is C5H6N2O3. The van der Waals surface area contributed by atoms with E-state index in [1.54, 1.807) is 6.07 Å². The second-order valence-corrected chi connectivity index (χ2v) is 1.37. The molecule has 0 heterocycles. The Morgan fingerprint density at radius 3 is 2.70 bits per heavy atom. The molecule has 5 heteroatoms. The van der Waals surface area contributed by atoms with Crippen LogP contribution in [0.5, 0.6) is 0 Å². The molecular weight excluding hydrogens is 136 g/mol. The minimum Gasteiger partial charge on any atom is -0.453 e. The van der Waals surface area contributed by atoms with E-state index >= 15 is 0 Å². The van der Waals surface area contributed by atoms with Crippen molar-refractivity contribution in [3.05, 3.63) is 0 Å². The summed E-state index contributed by atoms with van der Waals surface area (Å²) < 4.78 is 4.09. The van der Waals surface area contributed by atoms with Crippen molar-refractivity contribution in [2.75, 3.05) is 7.11 Å². The standard InChI is InChI=1S/C5H6N2O3/c1-10-5(9)7-4(8)2-3-6/h2H2,1H3,(H,7,8,9). The van der Waals surface area contributed by atoms with Crippen molar-refractivity contribution in [3.8, 4) is 6.07 Å². The van der Waals surface area contributed by atoms with Crippen LogP contribution in [0.2, 0.25) is 0 Å². The number of nitrogens with one attached hydrogen (secondary N) is 1. The Labute approximate surface area is 57.6 Å². The third kappa shape index (κ3) is 3.43. The van der Waals surface area contributed by atoms with Crippen molar-refractivity contribution in [1.82, 2.24) is 5.32 Å². The van der Waals surface area contributed by atoms with E-state index in [9.17, 15) is 9.59 Å². The van der Waals surface area contributed by atoms with Crippen LogP contribution >= 0.6 is 0 Å². The van der Waals surface area contributed by atoms with Crippen LogP contribution in [0, 0.1) is 11.3 Å². The predicted octanol–water partition coefficient (Wildman–Crippen LogP) is -0.217. The molecule has 0 saturated heterocycles. The minimum atomic E-state index is -0.847. The number of ether oxygens (including phenoxy) is 1. The number of rotatable bonds is 1. The molecule has 2 amide bonds. The minimum absolute atomic E-state index is 0.338. The predicted molar refractivity (Wildman–Crippen MR) is 30.8 cm³/mol. The van der Waals surface area contributed by atoms with Crippen LogP contribution in [-0.4, -0.2) is 19.1 Å². The zero-order chi connectivity index (χ0) is 7.98. The Hall–Kier alpha value is -1.57. The second-order valence-electron chi connectivity index (χ2n) is 1.37. The molecule has 0 rings (SSSR count). The van der Waals surface area contributed by atoms with E-state index in [4.69, 9.17) is 5.26 Å².